The van der Waals surface area contributed by atoms with Crippen molar-refractivity contribution in [3.05, 3.63) is 29.3 Å². The highest BCUT2D eigenvalue weighted by Gasteiger charge is 2.06. The SMILES string of the molecule is CCc1cccc(CC)c1NC(N)=NCCCSC. The summed E-state index contributed by atoms with van der Waals surface area (Å²) in [5.74, 6) is 1.65. The van der Waals surface area contributed by atoms with Crippen molar-refractivity contribution in [2.24, 2.45) is 10.7 Å². The number of thioether (sulfide) groups is 1. The van der Waals surface area contributed by atoms with Crippen LogP contribution in [-0.4, -0.2) is 24.5 Å². The Hall–Kier alpha value is -1.16. The highest BCUT2D eigenvalue weighted by molar-refractivity contribution is 7.98. The third kappa shape index (κ3) is 5.15. The summed E-state index contributed by atoms with van der Waals surface area (Å²) in [6.07, 6.45) is 5.17. The number of anilines is 1. The fourth-order valence-electron chi connectivity index (χ4n) is 1.98. The van der Waals surface area contributed by atoms with Crippen LogP contribution in [0.15, 0.2) is 23.2 Å². The molecule has 4 heteroatoms. The molecule has 0 aromatic heterocycles. The van der Waals surface area contributed by atoms with Crippen molar-refractivity contribution in [3.8, 4) is 0 Å². The van der Waals surface area contributed by atoms with E-state index in [1.807, 2.05) is 11.8 Å². The van der Waals surface area contributed by atoms with Gasteiger partial charge in [-0.15, -0.1) is 0 Å². The van der Waals surface area contributed by atoms with E-state index >= 15 is 0 Å². The minimum Gasteiger partial charge on any atom is -0.370 e. The molecule has 0 spiro atoms. The summed E-state index contributed by atoms with van der Waals surface area (Å²) in [5, 5.41) is 3.28. The first-order valence-corrected chi connectivity index (χ1v) is 8.28. The van der Waals surface area contributed by atoms with Crippen molar-refractivity contribution in [1.82, 2.24) is 0 Å². The molecule has 0 aliphatic rings. The summed E-state index contributed by atoms with van der Waals surface area (Å²) in [5.41, 5.74) is 9.69. The number of aliphatic imine (C=N–C) groups is 1. The van der Waals surface area contributed by atoms with Crippen LogP contribution in [0.4, 0.5) is 5.69 Å². The Morgan fingerprint density at radius 2 is 1.89 bits per heavy atom. The fraction of sp³-hybridized carbons (Fsp3) is 0.533. The molecular formula is C15H25N3S. The number of nitrogens with two attached hydrogens (primary N) is 1. The molecule has 0 aliphatic heterocycles. The van der Waals surface area contributed by atoms with Crippen molar-refractivity contribution in [2.75, 3.05) is 23.9 Å². The van der Waals surface area contributed by atoms with Gasteiger partial charge in [-0.25, -0.2) is 0 Å². The summed E-state index contributed by atoms with van der Waals surface area (Å²) in [6.45, 7) is 5.10. The van der Waals surface area contributed by atoms with E-state index in [1.165, 1.54) is 11.1 Å². The third-order valence-electron chi connectivity index (χ3n) is 3.04. The largest absolute Gasteiger partial charge is 0.370 e. The number of aryl methyl sites for hydroxylation is 2. The van der Waals surface area contributed by atoms with Gasteiger partial charge in [0.1, 0.15) is 0 Å². The molecular weight excluding hydrogens is 254 g/mol. The second-order valence-corrected chi connectivity index (χ2v) is 5.38. The average molecular weight is 279 g/mol. The van der Waals surface area contributed by atoms with Gasteiger partial charge in [-0.1, -0.05) is 32.0 Å². The Kier molecular flexibility index (Phi) is 7.41. The molecule has 3 N–H and O–H groups in total. The number of nitrogens with one attached hydrogen (secondary N) is 1. The standard InChI is InChI=1S/C15H25N3S/c1-4-12-8-6-9-13(5-2)14(12)18-15(16)17-10-7-11-19-3/h6,8-9H,4-5,7,10-11H2,1-3H3,(H3,16,17,18). The highest BCUT2D eigenvalue weighted by Crippen LogP contribution is 2.22. The zero-order chi connectivity index (χ0) is 14.1. The summed E-state index contributed by atoms with van der Waals surface area (Å²) in [4.78, 5) is 4.38. The predicted octanol–water partition coefficient (Wildman–Crippen LogP) is 3.29. The Balaban J connectivity index is 2.74. The van der Waals surface area contributed by atoms with Gasteiger partial charge in [-0.2, -0.15) is 11.8 Å². The minimum atomic E-state index is 0.525. The van der Waals surface area contributed by atoms with Crippen molar-refractivity contribution < 1.29 is 0 Å². The summed E-state index contributed by atoms with van der Waals surface area (Å²) in [7, 11) is 0. The zero-order valence-corrected chi connectivity index (χ0v) is 13.0. The first-order chi connectivity index (χ1) is 9.22. The molecule has 106 valence electrons. The quantitative estimate of drug-likeness (QED) is 0.457. The van der Waals surface area contributed by atoms with Crippen molar-refractivity contribution in [1.29, 1.82) is 0 Å². The molecule has 0 saturated heterocycles. The van der Waals surface area contributed by atoms with Gasteiger partial charge < -0.3 is 11.1 Å². The van der Waals surface area contributed by atoms with Gasteiger partial charge in [-0.05, 0) is 42.4 Å². The molecule has 1 aromatic carbocycles. The lowest BCUT2D eigenvalue weighted by atomic mass is 10.0. The maximum absolute atomic E-state index is 5.97. The second kappa shape index (κ2) is 8.86. The Labute approximate surface area is 121 Å². The topological polar surface area (TPSA) is 50.4 Å². The number of rotatable bonds is 7. The molecule has 1 rings (SSSR count). The van der Waals surface area contributed by atoms with Crippen molar-refractivity contribution in [3.63, 3.8) is 0 Å². The van der Waals surface area contributed by atoms with Crippen LogP contribution in [0.5, 0.6) is 0 Å². The van der Waals surface area contributed by atoms with Gasteiger partial charge in [0.25, 0.3) is 0 Å². The lowest BCUT2D eigenvalue weighted by Crippen LogP contribution is -2.24. The zero-order valence-electron chi connectivity index (χ0n) is 12.2. The Bertz CT molecular complexity index is 394. The first-order valence-electron chi connectivity index (χ1n) is 6.89. The van der Waals surface area contributed by atoms with Crippen LogP contribution in [-0.2, 0) is 12.8 Å². The van der Waals surface area contributed by atoms with Gasteiger partial charge in [0.05, 0.1) is 0 Å². The molecule has 0 fully saturated rings. The monoisotopic (exact) mass is 279 g/mol. The Morgan fingerprint density at radius 1 is 1.26 bits per heavy atom. The molecule has 0 aliphatic carbocycles. The molecule has 0 radical (unpaired) electrons. The second-order valence-electron chi connectivity index (χ2n) is 4.40. The van der Waals surface area contributed by atoms with Crippen molar-refractivity contribution >= 4 is 23.4 Å². The normalized spacial score (nSPS) is 11.6. The van der Waals surface area contributed by atoms with E-state index < -0.39 is 0 Å². The van der Waals surface area contributed by atoms with Crippen LogP contribution in [0.25, 0.3) is 0 Å². The minimum absolute atomic E-state index is 0.525. The molecule has 0 bridgehead atoms. The summed E-state index contributed by atoms with van der Waals surface area (Å²) >= 11 is 1.84. The van der Waals surface area contributed by atoms with E-state index in [4.69, 9.17) is 5.73 Å². The molecule has 19 heavy (non-hydrogen) atoms. The van der Waals surface area contributed by atoms with Gasteiger partial charge in [0, 0.05) is 12.2 Å². The molecule has 0 heterocycles. The number of hydrogen-bond acceptors (Lipinski definition) is 2. The average Bonchev–Trinajstić information content (AvgIpc) is 2.43. The van der Waals surface area contributed by atoms with Crippen LogP contribution in [0.2, 0.25) is 0 Å². The number of guanidine groups is 1. The van der Waals surface area contributed by atoms with E-state index in [1.54, 1.807) is 0 Å². The number of para-hydroxylation sites is 1. The number of nitrogens with zero attached hydrogens (tertiary/aromatic N) is 1. The lowest BCUT2D eigenvalue weighted by molar-refractivity contribution is 0.940. The number of hydrogen-bond donors (Lipinski definition) is 2. The van der Waals surface area contributed by atoms with E-state index in [0.717, 1.165) is 37.2 Å². The van der Waals surface area contributed by atoms with E-state index in [0.29, 0.717) is 5.96 Å². The smallest absolute Gasteiger partial charge is 0.193 e. The van der Waals surface area contributed by atoms with Gasteiger partial charge >= 0.3 is 0 Å². The van der Waals surface area contributed by atoms with E-state index in [-0.39, 0.29) is 0 Å². The number of benzene rings is 1. The molecule has 0 atom stereocenters. The maximum atomic E-state index is 5.97. The molecule has 3 nitrogen and oxygen atoms in total. The van der Waals surface area contributed by atoms with Crippen LogP contribution >= 0.6 is 11.8 Å². The fourth-order valence-corrected chi connectivity index (χ4v) is 2.40. The van der Waals surface area contributed by atoms with Gasteiger partial charge in [-0.3, -0.25) is 4.99 Å². The third-order valence-corrected chi connectivity index (χ3v) is 3.74. The molecule has 1 aromatic rings. The van der Waals surface area contributed by atoms with E-state index in [2.05, 4.69) is 48.6 Å². The van der Waals surface area contributed by atoms with Crippen LogP contribution in [0.1, 0.15) is 31.4 Å². The van der Waals surface area contributed by atoms with Crippen LogP contribution in [0.3, 0.4) is 0 Å². The van der Waals surface area contributed by atoms with Crippen LogP contribution in [0, 0.1) is 0 Å². The van der Waals surface area contributed by atoms with Crippen LogP contribution < -0.4 is 11.1 Å². The van der Waals surface area contributed by atoms with E-state index in [9.17, 15) is 0 Å². The Morgan fingerprint density at radius 3 is 2.42 bits per heavy atom. The van der Waals surface area contributed by atoms with Gasteiger partial charge in [0.15, 0.2) is 5.96 Å². The van der Waals surface area contributed by atoms with Gasteiger partial charge in [0.2, 0.25) is 0 Å². The highest BCUT2D eigenvalue weighted by atomic mass is 32.2. The predicted molar refractivity (Wildman–Crippen MR) is 88.3 cm³/mol. The summed E-state index contributed by atoms with van der Waals surface area (Å²) in [6, 6.07) is 6.39. The molecule has 0 unspecified atom stereocenters. The summed E-state index contributed by atoms with van der Waals surface area (Å²) < 4.78 is 0. The lowest BCUT2D eigenvalue weighted by Gasteiger charge is -2.14. The molecule has 0 amide bonds. The molecule has 0 saturated carbocycles. The first kappa shape index (κ1) is 15.9. The maximum Gasteiger partial charge on any atom is 0.193 e. The van der Waals surface area contributed by atoms with Crippen molar-refractivity contribution in [2.45, 2.75) is 33.1 Å².